The zero-order chi connectivity index (χ0) is 12.6. The van der Waals surface area contributed by atoms with Gasteiger partial charge in [0.25, 0.3) is 0 Å². The van der Waals surface area contributed by atoms with Gasteiger partial charge in [-0.3, -0.25) is 9.67 Å². The van der Waals surface area contributed by atoms with Crippen LogP contribution < -0.4 is 5.73 Å². The first-order valence-electron chi connectivity index (χ1n) is 5.77. The molecular weight excluding hydrogens is 212 g/mol. The molecule has 17 heavy (non-hydrogen) atoms. The van der Waals surface area contributed by atoms with Gasteiger partial charge in [0, 0.05) is 24.0 Å². The third-order valence-corrected chi connectivity index (χ3v) is 2.75. The van der Waals surface area contributed by atoms with E-state index in [1.807, 2.05) is 37.0 Å². The molecule has 0 aliphatic rings. The van der Waals surface area contributed by atoms with Crippen molar-refractivity contribution in [3.8, 4) is 11.3 Å². The summed E-state index contributed by atoms with van der Waals surface area (Å²) in [7, 11) is 0. The maximum Gasteiger partial charge on any atom is 0.0965 e. The fourth-order valence-corrected chi connectivity index (χ4v) is 1.80. The number of pyridine rings is 1. The van der Waals surface area contributed by atoms with Gasteiger partial charge in [-0.1, -0.05) is 0 Å². The molecule has 90 valence electrons. The third-order valence-electron chi connectivity index (χ3n) is 2.75. The number of aromatic nitrogens is 3. The predicted octanol–water partition coefficient (Wildman–Crippen LogP) is 2.73. The SMILES string of the molecule is Cc1cnc(-c2cn(C(C)C)nc2C)c(N)c1. The zero-order valence-corrected chi connectivity index (χ0v) is 10.7. The van der Waals surface area contributed by atoms with Gasteiger partial charge in [0.15, 0.2) is 0 Å². The van der Waals surface area contributed by atoms with Crippen LogP contribution in [0.1, 0.15) is 31.1 Å². The van der Waals surface area contributed by atoms with Crippen molar-refractivity contribution in [2.75, 3.05) is 5.73 Å². The molecule has 2 aromatic rings. The molecule has 0 bridgehead atoms. The lowest BCUT2D eigenvalue weighted by Crippen LogP contribution is -2.00. The lowest BCUT2D eigenvalue weighted by molar-refractivity contribution is 0.529. The van der Waals surface area contributed by atoms with E-state index in [1.165, 1.54) is 0 Å². The molecule has 4 heteroatoms. The molecule has 2 heterocycles. The first kappa shape index (κ1) is 11.6. The maximum atomic E-state index is 6.01. The van der Waals surface area contributed by atoms with Gasteiger partial charge in [-0.15, -0.1) is 0 Å². The van der Waals surface area contributed by atoms with Crippen molar-refractivity contribution in [2.24, 2.45) is 0 Å². The van der Waals surface area contributed by atoms with E-state index in [0.717, 1.165) is 22.5 Å². The summed E-state index contributed by atoms with van der Waals surface area (Å²) in [6, 6.07) is 2.28. The van der Waals surface area contributed by atoms with E-state index in [1.54, 1.807) is 0 Å². The Labute approximate surface area is 101 Å². The Morgan fingerprint density at radius 1 is 1.29 bits per heavy atom. The van der Waals surface area contributed by atoms with Crippen molar-refractivity contribution in [2.45, 2.75) is 33.7 Å². The van der Waals surface area contributed by atoms with E-state index in [9.17, 15) is 0 Å². The average molecular weight is 230 g/mol. The summed E-state index contributed by atoms with van der Waals surface area (Å²) in [5, 5.41) is 4.47. The number of hydrogen-bond acceptors (Lipinski definition) is 3. The molecule has 0 amide bonds. The molecule has 0 saturated heterocycles. The van der Waals surface area contributed by atoms with E-state index in [2.05, 4.69) is 23.9 Å². The number of nitrogen functional groups attached to an aromatic ring is 1. The van der Waals surface area contributed by atoms with E-state index in [0.29, 0.717) is 11.7 Å². The number of hydrogen-bond donors (Lipinski definition) is 1. The standard InChI is InChI=1S/C13H18N4/c1-8(2)17-7-11(10(4)16-17)13-12(14)5-9(3)6-15-13/h5-8H,14H2,1-4H3. The van der Waals surface area contributed by atoms with Crippen molar-refractivity contribution < 1.29 is 0 Å². The summed E-state index contributed by atoms with van der Waals surface area (Å²) in [6.45, 7) is 8.16. The molecule has 2 rings (SSSR count). The molecule has 0 atom stereocenters. The fourth-order valence-electron chi connectivity index (χ4n) is 1.80. The highest BCUT2D eigenvalue weighted by atomic mass is 15.3. The smallest absolute Gasteiger partial charge is 0.0965 e. The van der Waals surface area contributed by atoms with E-state index < -0.39 is 0 Å². The fraction of sp³-hybridized carbons (Fsp3) is 0.385. The highest BCUT2D eigenvalue weighted by Crippen LogP contribution is 2.27. The van der Waals surface area contributed by atoms with Crippen molar-refractivity contribution >= 4 is 5.69 Å². The van der Waals surface area contributed by atoms with Crippen molar-refractivity contribution in [3.63, 3.8) is 0 Å². The summed E-state index contributed by atoms with van der Waals surface area (Å²) in [6.07, 6.45) is 3.84. The highest BCUT2D eigenvalue weighted by Gasteiger charge is 2.12. The molecule has 2 aromatic heterocycles. The monoisotopic (exact) mass is 230 g/mol. The van der Waals surface area contributed by atoms with Gasteiger partial charge in [-0.25, -0.2) is 0 Å². The summed E-state index contributed by atoms with van der Waals surface area (Å²) >= 11 is 0. The van der Waals surface area contributed by atoms with Gasteiger partial charge >= 0.3 is 0 Å². The van der Waals surface area contributed by atoms with Crippen molar-refractivity contribution in [1.82, 2.24) is 14.8 Å². The summed E-state index contributed by atoms with van der Waals surface area (Å²) < 4.78 is 1.94. The normalized spacial score (nSPS) is 11.1. The van der Waals surface area contributed by atoms with Crippen LogP contribution in [-0.2, 0) is 0 Å². The second-order valence-corrected chi connectivity index (χ2v) is 4.65. The van der Waals surface area contributed by atoms with E-state index in [4.69, 9.17) is 5.73 Å². The first-order chi connectivity index (χ1) is 7.99. The maximum absolute atomic E-state index is 6.01. The van der Waals surface area contributed by atoms with Crippen molar-refractivity contribution in [3.05, 3.63) is 29.7 Å². The van der Waals surface area contributed by atoms with Crippen LogP contribution in [-0.4, -0.2) is 14.8 Å². The molecule has 0 saturated carbocycles. The van der Waals surface area contributed by atoms with Crippen LogP contribution in [0.25, 0.3) is 11.3 Å². The minimum absolute atomic E-state index is 0.342. The minimum atomic E-state index is 0.342. The van der Waals surface area contributed by atoms with Crippen LogP contribution in [0.2, 0.25) is 0 Å². The summed E-state index contributed by atoms with van der Waals surface area (Å²) in [5.41, 5.74) is 10.6. The Bertz CT molecular complexity index is 540. The third kappa shape index (κ3) is 2.16. The first-order valence-corrected chi connectivity index (χ1v) is 5.77. The Morgan fingerprint density at radius 3 is 2.53 bits per heavy atom. The second-order valence-electron chi connectivity index (χ2n) is 4.65. The summed E-state index contributed by atoms with van der Waals surface area (Å²) in [5.74, 6) is 0. The van der Waals surface area contributed by atoms with Crippen LogP contribution in [0.15, 0.2) is 18.5 Å². The van der Waals surface area contributed by atoms with Crippen LogP contribution in [0.4, 0.5) is 5.69 Å². The molecule has 0 spiro atoms. The molecule has 4 nitrogen and oxygen atoms in total. The van der Waals surface area contributed by atoms with Gasteiger partial charge in [0.05, 0.1) is 17.1 Å². The largest absolute Gasteiger partial charge is 0.397 e. The number of anilines is 1. The van der Waals surface area contributed by atoms with E-state index >= 15 is 0 Å². The number of nitrogens with two attached hydrogens (primary N) is 1. The van der Waals surface area contributed by atoms with Crippen molar-refractivity contribution in [1.29, 1.82) is 0 Å². The Morgan fingerprint density at radius 2 is 2.00 bits per heavy atom. The molecule has 0 fully saturated rings. The van der Waals surface area contributed by atoms with Gasteiger partial charge in [0.1, 0.15) is 0 Å². The van der Waals surface area contributed by atoms with Gasteiger partial charge < -0.3 is 5.73 Å². The minimum Gasteiger partial charge on any atom is -0.397 e. The Balaban J connectivity index is 2.52. The van der Waals surface area contributed by atoms with Gasteiger partial charge in [-0.05, 0) is 39.3 Å². The van der Waals surface area contributed by atoms with Crippen LogP contribution >= 0.6 is 0 Å². The molecule has 0 aliphatic carbocycles. The molecule has 0 unspecified atom stereocenters. The van der Waals surface area contributed by atoms with Crippen LogP contribution in [0.5, 0.6) is 0 Å². The Kier molecular flexibility index (Phi) is 2.88. The summed E-state index contributed by atoms with van der Waals surface area (Å²) in [4.78, 5) is 4.40. The van der Waals surface area contributed by atoms with Crippen LogP contribution in [0, 0.1) is 13.8 Å². The predicted molar refractivity (Wildman–Crippen MR) is 69.7 cm³/mol. The average Bonchev–Trinajstić information content (AvgIpc) is 2.61. The zero-order valence-electron chi connectivity index (χ0n) is 10.7. The lowest BCUT2D eigenvalue weighted by Gasteiger charge is -2.04. The van der Waals surface area contributed by atoms with Crippen LogP contribution in [0.3, 0.4) is 0 Å². The molecule has 0 aromatic carbocycles. The van der Waals surface area contributed by atoms with Gasteiger partial charge in [-0.2, -0.15) is 5.10 Å². The lowest BCUT2D eigenvalue weighted by atomic mass is 10.1. The highest BCUT2D eigenvalue weighted by molar-refractivity contribution is 5.73. The number of aryl methyl sites for hydroxylation is 2. The second kappa shape index (κ2) is 4.20. The number of rotatable bonds is 2. The molecule has 0 radical (unpaired) electrons. The van der Waals surface area contributed by atoms with E-state index in [-0.39, 0.29) is 0 Å². The molecule has 0 aliphatic heterocycles. The topological polar surface area (TPSA) is 56.7 Å². The quantitative estimate of drug-likeness (QED) is 0.863. The molecular formula is C13H18N4. The molecule has 2 N–H and O–H groups in total. The number of nitrogens with zero attached hydrogens (tertiary/aromatic N) is 3. The Hall–Kier alpha value is -1.84. The van der Waals surface area contributed by atoms with Gasteiger partial charge in [0.2, 0.25) is 0 Å².